The fourth-order valence-corrected chi connectivity index (χ4v) is 2.77. The molecule has 22 heavy (non-hydrogen) atoms. The Labute approximate surface area is 132 Å². The van der Waals surface area contributed by atoms with Crippen LogP contribution in [0.2, 0.25) is 0 Å². The summed E-state index contributed by atoms with van der Waals surface area (Å²) in [5.74, 6) is 1.27. The Kier molecular flexibility index (Phi) is 5.52. The lowest BCUT2D eigenvalue weighted by Crippen LogP contribution is -2.37. The van der Waals surface area contributed by atoms with Crippen LogP contribution in [0.3, 0.4) is 0 Å². The summed E-state index contributed by atoms with van der Waals surface area (Å²) in [6, 6.07) is 3.48. The minimum Gasteiger partial charge on any atom is -0.503 e. The zero-order chi connectivity index (χ0) is 16.1. The molecule has 0 bridgehead atoms. The zero-order valence-corrected chi connectivity index (χ0v) is 13.5. The number of phenols is 1. The molecule has 0 spiro atoms. The molecule has 2 rings (SSSR count). The monoisotopic (exact) mass is 306 g/mol. The first-order valence-electron chi connectivity index (χ1n) is 8.03. The number of carbonyl (C=O) groups excluding carboxylic acids is 1. The van der Waals surface area contributed by atoms with Crippen LogP contribution < -0.4 is 10.5 Å². The summed E-state index contributed by atoms with van der Waals surface area (Å²) in [7, 11) is 0. The summed E-state index contributed by atoms with van der Waals surface area (Å²) in [6.45, 7) is 6.27. The van der Waals surface area contributed by atoms with Gasteiger partial charge in [0.2, 0.25) is 5.91 Å². The second-order valence-corrected chi connectivity index (χ2v) is 6.03. The number of amides is 1. The van der Waals surface area contributed by atoms with Crippen LogP contribution in [0.25, 0.3) is 0 Å². The first-order chi connectivity index (χ1) is 10.5. The van der Waals surface area contributed by atoms with E-state index in [0.29, 0.717) is 30.9 Å². The van der Waals surface area contributed by atoms with Crippen LogP contribution in [0.5, 0.6) is 11.5 Å². The van der Waals surface area contributed by atoms with Gasteiger partial charge in [-0.25, -0.2) is 0 Å². The number of nitrogens with zero attached hydrogens (tertiary/aromatic N) is 1. The molecule has 1 aliphatic rings. The smallest absolute Gasteiger partial charge is 0.222 e. The summed E-state index contributed by atoms with van der Waals surface area (Å²) >= 11 is 0. The van der Waals surface area contributed by atoms with Crippen molar-refractivity contribution in [2.75, 3.05) is 25.4 Å². The predicted molar refractivity (Wildman–Crippen MR) is 87.0 cm³/mol. The number of carbonyl (C=O) groups is 1. The number of rotatable bonds is 5. The summed E-state index contributed by atoms with van der Waals surface area (Å²) < 4.78 is 5.37. The molecule has 0 unspecified atom stereocenters. The number of phenolic OH excluding ortho intramolecular Hbond substituents is 1. The van der Waals surface area contributed by atoms with E-state index in [0.717, 1.165) is 37.4 Å². The van der Waals surface area contributed by atoms with Crippen LogP contribution in [0.1, 0.15) is 38.7 Å². The van der Waals surface area contributed by atoms with Crippen molar-refractivity contribution in [2.24, 2.45) is 5.92 Å². The van der Waals surface area contributed by atoms with Crippen LogP contribution in [0.15, 0.2) is 12.1 Å². The quantitative estimate of drug-likeness (QED) is 0.647. The number of nitrogens with two attached hydrogens (primary N) is 1. The van der Waals surface area contributed by atoms with E-state index in [1.165, 1.54) is 0 Å². The summed E-state index contributed by atoms with van der Waals surface area (Å²) in [5, 5.41) is 9.83. The van der Waals surface area contributed by atoms with E-state index in [2.05, 4.69) is 6.92 Å². The highest BCUT2D eigenvalue weighted by atomic mass is 16.5. The van der Waals surface area contributed by atoms with Gasteiger partial charge in [0.05, 0.1) is 12.3 Å². The average molecular weight is 306 g/mol. The minimum absolute atomic E-state index is 0.0260. The van der Waals surface area contributed by atoms with Crippen molar-refractivity contribution in [3.8, 4) is 11.5 Å². The highest BCUT2D eigenvalue weighted by Gasteiger charge is 2.20. The second kappa shape index (κ2) is 7.38. The van der Waals surface area contributed by atoms with Gasteiger partial charge in [0.1, 0.15) is 0 Å². The molecular weight excluding hydrogens is 280 g/mol. The number of ether oxygens (including phenoxy) is 1. The Morgan fingerprint density at radius 1 is 1.41 bits per heavy atom. The number of nitrogen functional groups attached to an aromatic ring is 1. The van der Waals surface area contributed by atoms with Gasteiger partial charge in [-0.15, -0.1) is 0 Å². The molecule has 0 radical (unpaired) electrons. The molecule has 0 saturated carbocycles. The molecule has 1 saturated heterocycles. The molecule has 1 aromatic carbocycles. The standard InChI is InChI=1S/C17H26N2O3/c1-3-22-15-11-13(10-14(18)17(15)21)4-5-16(20)19-8-6-12(2)7-9-19/h10-12,21H,3-9,18H2,1-2H3. The molecule has 122 valence electrons. The third-order valence-electron chi connectivity index (χ3n) is 4.23. The number of hydrogen-bond acceptors (Lipinski definition) is 4. The van der Waals surface area contributed by atoms with Crippen molar-refractivity contribution >= 4 is 11.6 Å². The van der Waals surface area contributed by atoms with Gasteiger partial charge in [0.25, 0.3) is 0 Å². The highest BCUT2D eigenvalue weighted by Crippen LogP contribution is 2.34. The third-order valence-corrected chi connectivity index (χ3v) is 4.23. The van der Waals surface area contributed by atoms with Crippen LogP contribution in [-0.2, 0) is 11.2 Å². The lowest BCUT2D eigenvalue weighted by atomic mass is 9.98. The van der Waals surface area contributed by atoms with Crippen LogP contribution >= 0.6 is 0 Å². The number of aromatic hydroxyl groups is 1. The van der Waals surface area contributed by atoms with Gasteiger partial charge < -0.3 is 20.5 Å². The molecular formula is C17H26N2O3. The van der Waals surface area contributed by atoms with Gasteiger partial charge in [-0.1, -0.05) is 6.92 Å². The van der Waals surface area contributed by atoms with Crippen molar-refractivity contribution in [3.63, 3.8) is 0 Å². The molecule has 1 aliphatic heterocycles. The second-order valence-electron chi connectivity index (χ2n) is 6.03. The topological polar surface area (TPSA) is 75.8 Å². The molecule has 0 aromatic heterocycles. The fraction of sp³-hybridized carbons (Fsp3) is 0.588. The van der Waals surface area contributed by atoms with Crippen molar-refractivity contribution < 1.29 is 14.6 Å². The first kappa shape index (κ1) is 16.5. The summed E-state index contributed by atoms with van der Waals surface area (Å²) in [4.78, 5) is 14.2. The third kappa shape index (κ3) is 4.06. The molecule has 5 heteroatoms. The lowest BCUT2D eigenvalue weighted by Gasteiger charge is -2.30. The molecule has 5 nitrogen and oxygen atoms in total. The number of piperidine rings is 1. The number of hydrogen-bond donors (Lipinski definition) is 2. The van der Waals surface area contributed by atoms with E-state index in [-0.39, 0.29) is 11.7 Å². The van der Waals surface area contributed by atoms with E-state index < -0.39 is 0 Å². The number of anilines is 1. The Morgan fingerprint density at radius 2 is 2.09 bits per heavy atom. The van der Waals surface area contributed by atoms with Crippen LogP contribution in [0.4, 0.5) is 5.69 Å². The average Bonchev–Trinajstić information content (AvgIpc) is 2.50. The number of likely N-dealkylation sites (tertiary alicyclic amines) is 1. The van der Waals surface area contributed by atoms with E-state index in [1.54, 1.807) is 12.1 Å². The fourth-order valence-electron chi connectivity index (χ4n) is 2.77. The zero-order valence-electron chi connectivity index (χ0n) is 13.5. The summed E-state index contributed by atoms with van der Waals surface area (Å²) in [6.07, 6.45) is 3.25. The normalized spacial score (nSPS) is 15.8. The molecule has 1 aromatic rings. The van der Waals surface area contributed by atoms with E-state index in [9.17, 15) is 9.90 Å². The Balaban J connectivity index is 1.95. The van der Waals surface area contributed by atoms with E-state index >= 15 is 0 Å². The molecule has 1 fully saturated rings. The highest BCUT2D eigenvalue weighted by molar-refractivity contribution is 5.76. The van der Waals surface area contributed by atoms with E-state index in [4.69, 9.17) is 10.5 Å². The lowest BCUT2D eigenvalue weighted by molar-refractivity contribution is -0.132. The maximum atomic E-state index is 12.3. The molecule has 0 atom stereocenters. The van der Waals surface area contributed by atoms with Crippen molar-refractivity contribution in [1.82, 2.24) is 4.90 Å². The molecule has 3 N–H and O–H groups in total. The minimum atomic E-state index is -0.0260. The Morgan fingerprint density at radius 3 is 2.73 bits per heavy atom. The SMILES string of the molecule is CCOc1cc(CCC(=O)N2CCC(C)CC2)cc(N)c1O. The van der Waals surface area contributed by atoms with Gasteiger partial charge in [-0.3, -0.25) is 4.79 Å². The molecule has 0 aliphatic carbocycles. The van der Waals surface area contributed by atoms with Crippen molar-refractivity contribution in [3.05, 3.63) is 17.7 Å². The summed E-state index contributed by atoms with van der Waals surface area (Å²) in [5.41, 5.74) is 7.00. The maximum absolute atomic E-state index is 12.3. The van der Waals surface area contributed by atoms with Gasteiger partial charge in [-0.05, 0) is 49.8 Å². The number of aryl methyl sites for hydroxylation is 1. The van der Waals surface area contributed by atoms with E-state index in [1.807, 2.05) is 11.8 Å². The molecule has 1 heterocycles. The van der Waals surface area contributed by atoms with Crippen LogP contribution in [0, 0.1) is 5.92 Å². The van der Waals surface area contributed by atoms with Gasteiger partial charge in [0.15, 0.2) is 11.5 Å². The van der Waals surface area contributed by atoms with Crippen LogP contribution in [-0.4, -0.2) is 35.6 Å². The van der Waals surface area contributed by atoms with Crippen molar-refractivity contribution in [2.45, 2.75) is 39.5 Å². The predicted octanol–water partition coefficient (Wildman–Crippen LogP) is 2.56. The number of benzene rings is 1. The van der Waals surface area contributed by atoms with Gasteiger partial charge in [0, 0.05) is 19.5 Å². The first-order valence-corrected chi connectivity index (χ1v) is 8.03. The Bertz CT molecular complexity index is 523. The Hall–Kier alpha value is -1.91. The maximum Gasteiger partial charge on any atom is 0.222 e. The van der Waals surface area contributed by atoms with Gasteiger partial charge >= 0.3 is 0 Å². The van der Waals surface area contributed by atoms with Gasteiger partial charge in [-0.2, -0.15) is 0 Å². The van der Waals surface area contributed by atoms with Crippen molar-refractivity contribution in [1.29, 1.82) is 0 Å². The largest absolute Gasteiger partial charge is 0.503 e. The molecule has 1 amide bonds.